The summed E-state index contributed by atoms with van der Waals surface area (Å²) in [5.74, 6) is 0.601. The van der Waals surface area contributed by atoms with Crippen molar-refractivity contribution in [1.29, 1.82) is 0 Å². The molecule has 0 bridgehead atoms. The lowest BCUT2D eigenvalue weighted by atomic mass is 10.1. The van der Waals surface area contributed by atoms with Crippen molar-refractivity contribution < 1.29 is 13.7 Å². The van der Waals surface area contributed by atoms with E-state index in [0.29, 0.717) is 23.8 Å². The average Bonchev–Trinajstić information content (AvgIpc) is 2.82. The molecule has 0 radical (unpaired) electrons. The Morgan fingerprint density at radius 2 is 2.17 bits per heavy atom. The summed E-state index contributed by atoms with van der Waals surface area (Å²) in [5, 5.41) is 3.98. The fraction of sp³-hybridized carbons (Fsp3) is 0.471. The molecule has 2 heterocycles. The Morgan fingerprint density at radius 1 is 1.35 bits per heavy atom. The molecule has 3 rings (SSSR count). The predicted molar refractivity (Wildman–Crippen MR) is 82.1 cm³/mol. The second-order valence-corrected chi connectivity index (χ2v) is 5.89. The monoisotopic (exact) mass is 317 g/mol. The molecule has 1 saturated heterocycles. The molecule has 5 nitrogen and oxygen atoms in total. The van der Waals surface area contributed by atoms with Crippen LogP contribution in [0.1, 0.15) is 49.0 Å². The van der Waals surface area contributed by atoms with Crippen LogP contribution in [-0.2, 0) is 11.2 Å². The van der Waals surface area contributed by atoms with Crippen LogP contribution in [-0.4, -0.2) is 27.5 Å². The average molecular weight is 317 g/mol. The summed E-state index contributed by atoms with van der Waals surface area (Å²) in [6.45, 7) is 2.38. The van der Waals surface area contributed by atoms with Crippen molar-refractivity contribution >= 4 is 5.91 Å². The van der Waals surface area contributed by atoms with Crippen LogP contribution in [0.3, 0.4) is 0 Å². The lowest BCUT2D eigenvalue weighted by Crippen LogP contribution is -2.36. The molecule has 1 atom stereocenters. The number of benzene rings is 1. The van der Waals surface area contributed by atoms with Gasteiger partial charge < -0.3 is 9.42 Å². The van der Waals surface area contributed by atoms with Crippen LogP contribution in [0.4, 0.5) is 4.39 Å². The number of likely N-dealkylation sites (tertiary alicyclic amines) is 1. The molecular formula is C17H20FN3O2. The topological polar surface area (TPSA) is 59.2 Å². The van der Waals surface area contributed by atoms with Gasteiger partial charge in [0.2, 0.25) is 11.8 Å². The van der Waals surface area contributed by atoms with Gasteiger partial charge in [0.15, 0.2) is 5.82 Å². The highest BCUT2D eigenvalue weighted by Crippen LogP contribution is 2.29. The molecule has 0 spiro atoms. The van der Waals surface area contributed by atoms with Gasteiger partial charge in [-0.25, -0.2) is 4.39 Å². The van der Waals surface area contributed by atoms with E-state index >= 15 is 0 Å². The number of hydrogen-bond donors (Lipinski definition) is 0. The molecule has 2 aromatic rings. The van der Waals surface area contributed by atoms with Crippen LogP contribution in [0.25, 0.3) is 0 Å². The Kier molecular flexibility index (Phi) is 4.69. The van der Waals surface area contributed by atoms with Gasteiger partial charge >= 0.3 is 0 Å². The molecule has 1 aliphatic heterocycles. The first-order valence-electron chi connectivity index (χ1n) is 7.98. The van der Waals surface area contributed by atoms with Crippen LogP contribution in [0.5, 0.6) is 0 Å². The van der Waals surface area contributed by atoms with Gasteiger partial charge in [-0.3, -0.25) is 4.79 Å². The van der Waals surface area contributed by atoms with Crippen LogP contribution in [0, 0.1) is 12.7 Å². The third-order valence-electron chi connectivity index (χ3n) is 4.21. The summed E-state index contributed by atoms with van der Waals surface area (Å²) in [7, 11) is 0. The van der Waals surface area contributed by atoms with Crippen molar-refractivity contribution in [3.05, 3.63) is 47.4 Å². The highest BCUT2D eigenvalue weighted by Gasteiger charge is 2.30. The third kappa shape index (κ3) is 3.57. The lowest BCUT2D eigenvalue weighted by Gasteiger charge is -2.28. The first kappa shape index (κ1) is 15.6. The van der Waals surface area contributed by atoms with Crippen molar-refractivity contribution in [2.75, 3.05) is 6.54 Å². The zero-order valence-corrected chi connectivity index (χ0v) is 13.2. The predicted octanol–water partition coefficient (Wildman–Crippen LogP) is 3.20. The van der Waals surface area contributed by atoms with Crippen LogP contribution >= 0.6 is 0 Å². The minimum Gasteiger partial charge on any atom is -0.340 e. The second kappa shape index (κ2) is 6.89. The maximum absolute atomic E-state index is 13.8. The van der Waals surface area contributed by atoms with E-state index in [1.165, 1.54) is 6.07 Å². The fourth-order valence-corrected chi connectivity index (χ4v) is 3.03. The van der Waals surface area contributed by atoms with E-state index in [9.17, 15) is 9.18 Å². The van der Waals surface area contributed by atoms with E-state index in [2.05, 4.69) is 10.1 Å². The summed E-state index contributed by atoms with van der Waals surface area (Å²) in [6.07, 6.45) is 3.89. The normalized spacial score (nSPS) is 18.7. The van der Waals surface area contributed by atoms with Gasteiger partial charge in [-0.05, 0) is 24.5 Å². The fourth-order valence-electron chi connectivity index (χ4n) is 3.03. The van der Waals surface area contributed by atoms with Crippen LogP contribution < -0.4 is 0 Å². The number of nitrogens with zero attached hydrogens (tertiary/aromatic N) is 3. The number of hydrogen-bond acceptors (Lipinski definition) is 4. The summed E-state index contributed by atoms with van der Waals surface area (Å²) in [6, 6.07) is 6.21. The molecule has 122 valence electrons. The molecule has 1 aromatic heterocycles. The van der Waals surface area contributed by atoms with Gasteiger partial charge in [-0.15, -0.1) is 0 Å². The summed E-state index contributed by atoms with van der Waals surface area (Å²) >= 11 is 0. The van der Waals surface area contributed by atoms with E-state index in [0.717, 1.165) is 25.7 Å². The SMILES string of the molecule is Cc1nc(C2CCCCCN2C(=O)Cc2ccccc2F)no1. The first-order chi connectivity index (χ1) is 11.1. The molecule has 1 amide bonds. The van der Waals surface area contributed by atoms with E-state index in [-0.39, 0.29) is 24.2 Å². The van der Waals surface area contributed by atoms with Crippen molar-refractivity contribution in [3.8, 4) is 0 Å². The molecule has 1 unspecified atom stereocenters. The van der Waals surface area contributed by atoms with Crippen molar-refractivity contribution in [2.24, 2.45) is 0 Å². The smallest absolute Gasteiger partial charge is 0.227 e. The summed E-state index contributed by atoms with van der Waals surface area (Å²) in [4.78, 5) is 18.8. The molecule has 1 fully saturated rings. The largest absolute Gasteiger partial charge is 0.340 e. The van der Waals surface area contributed by atoms with Crippen molar-refractivity contribution in [1.82, 2.24) is 15.0 Å². The van der Waals surface area contributed by atoms with Gasteiger partial charge in [0.05, 0.1) is 12.5 Å². The number of amides is 1. The van der Waals surface area contributed by atoms with E-state index in [1.54, 1.807) is 30.0 Å². The standard InChI is InChI=1S/C17H20FN3O2/c1-12-19-17(20-23-12)15-9-3-2-6-10-21(15)16(22)11-13-7-4-5-8-14(13)18/h4-5,7-8,15H,2-3,6,9-11H2,1H3. The minimum absolute atomic E-state index is 0.0556. The Morgan fingerprint density at radius 3 is 2.91 bits per heavy atom. The zero-order chi connectivity index (χ0) is 16.2. The highest BCUT2D eigenvalue weighted by atomic mass is 19.1. The van der Waals surface area contributed by atoms with Crippen molar-refractivity contribution in [2.45, 2.75) is 45.1 Å². The van der Waals surface area contributed by atoms with Gasteiger partial charge in [0.25, 0.3) is 0 Å². The Bertz CT molecular complexity index is 686. The number of rotatable bonds is 3. The lowest BCUT2D eigenvalue weighted by molar-refractivity contribution is -0.133. The van der Waals surface area contributed by atoms with E-state index in [4.69, 9.17) is 4.52 Å². The van der Waals surface area contributed by atoms with Gasteiger partial charge in [0.1, 0.15) is 5.82 Å². The molecule has 23 heavy (non-hydrogen) atoms. The van der Waals surface area contributed by atoms with Crippen LogP contribution in [0.15, 0.2) is 28.8 Å². The quantitative estimate of drug-likeness (QED) is 0.872. The Hall–Kier alpha value is -2.24. The van der Waals surface area contributed by atoms with E-state index < -0.39 is 0 Å². The maximum Gasteiger partial charge on any atom is 0.227 e. The number of carbonyl (C=O) groups is 1. The van der Waals surface area contributed by atoms with Gasteiger partial charge in [0, 0.05) is 13.5 Å². The molecule has 0 aliphatic carbocycles. The molecule has 1 aromatic carbocycles. The zero-order valence-electron chi connectivity index (χ0n) is 13.2. The van der Waals surface area contributed by atoms with Gasteiger partial charge in [-0.2, -0.15) is 4.98 Å². The number of halogens is 1. The Balaban J connectivity index is 1.81. The van der Waals surface area contributed by atoms with Gasteiger partial charge in [-0.1, -0.05) is 36.2 Å². The van der Waals surface area contributed by atoms with Crippen molar-refractivity contribution in [3.63, 3.8) is 0 Å². The number of aromatic nitrogens is 2. The third-order valence-corrected chi connectivity index (χ3v) is 4.21. The van der Waals surface area contributed by atoms with E-state index in [1.807, 2.05) is 0 Å². The summed E-state index contributed by atoms with van der Waals surface area (Å²) in [5.41, 5.74) is 0.421. The molecule has 6 heteroatoms. The number of carbonyl (C=O) groups excluding carboxylic acids is 1. The molecule has 1 aliphatic rings. The molecular weight excluding hydrogens is 297 g/mol. The minimum atomic E-state index is -0.345. The molecule has 0 N–H and O–H groups in total. The number of aryl methyl sites for hydroxylation is 1. The maximum atomic E-state index is 13.8. The van der Waals surface area contributed by atoms with Crippen LogP contribution in [0.2, 0.25) is 0 Å². The highest BCUT2D eigenvalue weighted by molar-refractivity contribution is 5.79. The molecule has 0 saturated carbocycles. The first-order valence-corrected chi connectivity index (χ1v) is 7.98. The Labute approximate surface area is 134 Å². The summed E-state index contributed by atoms with van der Waals surface area (Å²) < 4.78 is 18.9. The second-order valence-electron chi connectivity index (χ2n) is 5.89.